The molecule has 0 amide bonds. The molecule has 2 N–H and O–H groups in total. The fourth-order valence-electron chi connectivity index (χ4n) is 2.26. The van der Waals surface area contributed by atoms with Crippen molar-refractivity contribution >= 4 is 0 Å². The average Bonchev–Trinajstić information content (AvgIpc) is 2.34. The predicted molar refractivity (Wildman–Crippen MR) is 68.6 cm³/mol. The monoisotopic (exact) mass is 235 g/mol. The Balaban J connectivity index is 2.03. The van der Waals surface area contributed by atoms with Gasteiger partial charge in [0.05, 0.1) is 13.2 Å². The molecule has 1 saturated carbocycles. The molecule has 0 aliphatic heterocycles. The van der Waals surface area contributed by atoms with Crippen LogP contribution in [0.4, 0.5) is 0 Å². The molecular formula is C14H21NO2. The van der Waals surface area contributed by atoms with Crippen LogP contribution in [0, 0.1) is 6.92 Å². The number of rotatable bonds is 3. The van der Waals surface area contributed by atoms with E-state index in [0.717, 1.165) is 37.2 Å². The predicted octanol–water partition coefficient (Wildman–Crippen LogP) is 2.65. The summed E-state index contributed by atoms with van der Waals surface area (Å²) in [6.07, 6.45) is 4.47. The van der Waals surface area contributed by atoms with Gasteiger partial charge in [0.15, 0.2) is 11.5 Å². The smallest absolute Gasteiger partial charge is 0.161 e. The highest BCUT2D eigenvalue weighted by atomic mass is 16.5. The molecule has 0 radical (unpaired) electrons. The lowest BCUT2D eigenvalue weighted by Gasteiger charge is -2.27. The lowest BCUT2D eigenvalue weighted by Crippen LogP contribution is -2.31. The van der Waals surface area contributed by atoms with Crippen molar-refractivity contribution < 1.29 is 9.47 Å². The molecule has 94 valence electrons. The first-order chi connectivity index (χ1) is 8.19. The molecule has 1 fully saturated rings. The number of methoxy groups -OCH3 is 1. The Morgan fingerprint density at radius 3 is 2.47 bits per heavy atom. The molecule has 1 aromatic carbocycles. The lowest BCUT2D eigenvalue weighted by molar-refractivity contribution is 0.142. The fourth-order valence-corrected chi connectivity index (χ4v) is 2.26. The van der Waals surface area contributed by atoms with Gasteiger partial charge >= 0.3 is 0 Å². The van der Waals surface area contributed by atoms with E-state index in [-0.39, 0.29) is 6.10 Å². The van der Waals surface area contributed by atoms with Crippen molar-refractivity contribution in [3.63, 3.8) is 0 Å². The van der Waals surface area contributed by atoms with E-state index in [1.54, 1.807) is 7.11 Å². The Kier molecular flexibility index (Phi) is 3.89. The van der Waals surface area contributed by atoms with Crippen LogP contribution < -0.4 is 15.2 Å². The second kappa shape index (κ2) is 5.41. The number of hydrogen-bond acceptors (Lipinski definition) is 3. The first-order valence-corrected chi connectivity index (χ1v) is 6.26. The SMILES string of the molecule is COc1cc(C)ccc1OC1CCC(N)CC1. The van der Waals surface area contributed by atoms with Gasteiger partial charge in [0.25, 0.3) is 0 Å². The maximum atomic E-state index is 6.00. The molecule has 0 heterocycles. The third-order valence-electron chi connectivity index (χ3n) is 3.33. The number of ether oxygens (including phenoxy) is 2. The Morgan fingerprint density at radius 2 is 1.82 bits per heavy atom. The molecule has 0 spiro atoms. The van der Waals surface area contributed by atoms with Crippen molar-refractivity contribution in [3.05, 3.63) is 23.8 Å². The standard InChI is InChI=1S/C14H21NO2/c1-10-3-8-13(14(9-10)16-2)17-12-6-4-11(15)5-7-12/h3,8-9,11-12H,4-7,15H2,1-2H3. The van der Waals surface area contributed by atoms with Gasteiger partial charge in [-0.2, -0.15) is 0 Å². The maximum absolute atomic E-state index is 6.00. The van der Waals surface area contributed by atoms with Crippen molar-refractivity contribution in [2.24, 2.45) is 5.73 Å². The fraction of sp³-hybridized carbons (Fsp3) is 0.571. The first kappa shape index (κ1) is 12.2. The Hall–Kier alpha value is -1.22. The minimum Gasteiger partial charge on any atom is -0.493 e. The van der Waals surface area contributed by atoms with Crippen LogP contribution in [0.1, 0.15) is 31.2 Å². The molecule has 2 rings (SSSR count). The van der Waals surface area contributed by atoms with E-state index in [1.165, 1.54) is 5.56 Å². The van der Waals surface area contributed by atoms with Crippen LogP contribution in [0.25, 0.3) is 0 Å². The molecule has 0 aromatic heterocycles. The van der Waals surface area contributed by atoms with Gasteiger partial charge in [0.1, 0.15) is 0 Å². The maximum Gasteiger partial charge on any atom is 0.161 e. The topological polar surface area (TPSA) is 44.5 Å². The minimum atomic E-state index is 0.284. The quantitative estimate of drug-likeness (QED) is 0.876. The molecule has 0 bridgehead atoms. The second-order valence-corrected chi connectivity index (χ2v) is 4.81. The van der Waals surface area contributed by atoms with Gasteiger partial charge in [-0.05, 0) is 50.3 Å². The van der Waals surface area contributed by atoms with Crippen molar-refractivity contribution in [1.29, 1.82) is 0 Å². The van der Waals surface area contributed by atoms with E-state index in [9.17, 15) is 0 Å². The van der Waals surface area contributed by atoms with E-state index in [2.05, 4.69) is 0 Å². The summed E-state index contributed by atoms with van der Waals surface area (Å²) in [4.78, 5) is 0. The zero-order valence-corrected chi connectivity index (χ0v) is 10.6. The summed E-state index contributed by atoms with van der Waals surface area (Å²) in [5, 5.41) is 0. The van der Waals surface area contributed by atoms with Gasteiger partial charge in [0.2, 0.25) is 0 Å². The zero-order valence-electron chi connectivity index (χ0n) is 10.6. The number of hydrogen-bond donors (Lipinski definition) is 1. The summed E-state index contributed by atoms with van der Waals surface area (Å²) in [6.45, 7) is 2.05. The minimum absolute atomic E-state index is 0.284. The number of benzene rings is 1. The van der Waals surface area contributed by atoms with Crippen LogP contribution in [-0.2, 0) is 0 Å². The Bertz CT molecular complexity index is 370. The lowest BCUT2D eigenvalue weighted by atomic mass is 9.94. The van der Waals surface area contributed by atoms with Gasteiger partial charge in [-0.15, -0.1) is 0 Å². The molecule has 17 heavy (non-hydrogen) atoms. The third-order valence-corrected chi connectivity index (χ3v) is 3.33. The summed E-state index contributed by atoms with van der Waals surface area (Å²) in [7, 11) is 1.68. The second-order valence-electron chi connectivity index (χ2n) is 4.81. The van der Waals surface area contributed by atoms with Crippen molar-refractivity contribution in [2.45, 2.75) is 44.8 Å². The van der Waals surface area contributed by atoms with E-state index in [4.69, 9.17) is 15.2 Å². The molecule has 1 aromatic rings. The summed E-state index contributed by atoms with van der Waals surface area (Å²) in [5.74, 6) is 1.67. The van der Waals surface area contributed by atoms with Gasteiger partial charge in [-0.25, -0.2) is 0 Å². The van der Waals surface area contributed by atoms with Gasteiger partial charge in [-0.1, -0.05) is 6.07 Å². The van der Waals surface area contributed by atoms with Crippen molar-refractivity contribution in [2.75, 3.05) is 7.11 Å². The largest absolute Gasteiger partial charge is 0.493 e. The molecular weight excluding hydrogens is 214 g/mol. The van der Waals surface area contributed by atoms with Crippen LogP contribution in [0.15, 0.2) is 18.2 Å². The highest BCUT2D eigenvalue weighted by molar-refractivity contribution is 5.42. The molecule has 3 heteroatoms. The highest BCUT2D eigenvalue weighted by Crippen LogP contribution is 2.31. The van der Waals surface area contributed by atoms with Crippen molar-refractivity contribution in [1.82, 2.24) is 0 Å². The average molecular weight is 235 g/mol. The van der Waals surface area contributed by atoms with Gasteiger partial charge in [0, 0.05) is 6.04 Å². The van der Waals surface area contributed by atoms with Gasteiger partial charge < -0.3 is 15.2 Å². The molecule has 0 atom stereocenters. The van der Waals surface area contributed by atoms with Crippen LogP contribution in [-0.4, -0.2) is 19.3 Å². The Labute approximate surface area is 103 Å². The van der Waals surface area contributed by atoms with Crippen LogP contribution in [0.3, 0.4) is 0 Å². The highest BCUT2D eigenvalue weighted by Gasteiger charge is 2.20. The summed E-state index contributed by atoms with van der Waals surface area (Å²) in [5.41, 5.74) is 7.07. The first-order valence-electron chi connectivity index (χ1n) is 6.26. The molecule has 0 unspecified atom stereocenters. The summed E-state index contributed by atoms with van der Waals surface area (Å²) in [6, 6.07) is 6.40. The van der Waals surface area contributed by atoms with Gasteiger partial charge in [-0.3, -0.25) is 0 Å². The molecule has 0 saturated heterocycles. The van der Waals surface area contributed by atoms with E-state index in [1.807, 2.05) is 25.1 Å². The van der Waals surface area contributed by atoms with E-state index >= 15 is 0 Å². The van der Waals surface area contributed by atoms with Crippen molar-refractivity contribution in [3.8, 4) is 11.5 Å². The number of aryl methyl sites for hydroxylation is 1. The molecule has 3 nitrogen and oxygen atoms in total. The zero-order chi connectivity index (χ0) is 12.3. The Morgan fingerprint density at radius 1 is 1.12 bits per heavy atom. The van der Waals surface area contributed by atoms with E-state index < -0.39 is 0 Å². The summed E-state index contributed by atoms with van der Waals surface area (Å²) >= 11 is 0. The van der Waals surface area contributed by atoms with E-state index in [0.29, 0.717) is 6.04 Å². The number of nitrogens with two attached hydrogens (primary N) is 1. The molecule has 1 aliphatic carbocycles. The van der Waals surface area contributed by atoms with Crippen LogP contribution in [0.2, 0.25) is 0 Å². The summed E-state index contributed by atoms with van der Waals surface area (Å²) < 4.78 is 11.3. The third kappa shape index (κ3) is 3.13. The van der Waals surface area contributed by atoms with Crippen LogP contribution >= 0.6 is 0 Å². The normalized spacial score (nSPS) is 24.4. The van der Waals surface area contributed by atoms with Crippen LogP contribution in [0.5, 0.6) is 11.5 Å². The molecule has 1 aliphatic rings.